The number of carbonyl (C=O) groups excluding carboxylic acids is 1. The lowest BCUT2D eigenvalue weighted by Gasteiger charge is -2.10. The molecule has 0 fully saturated rings. The minimum Gasteiger partial charge on any atom is -0.348 e. The second kappa shape index (κ2) is 6.89. The zero-order valence-corrected chi connectivity index (χ0v) is 14.1. The third-order valence-corrected chi connectivity index (χ3v) is 4.04. The van der Waals surface area contributed by atoms with Gasteiger partial charge in [0.15, 0.2) is 5.82 Å². The molecule has 0 aliphatic carbocycles. The van der Waals surface area contributed by atoms with Gasteiger partial charge in [-0.2, -0.15) is 5.10 Å². The fraction of sp³-hybridized carbons (Fsp3) is 0.0667. The van der Waals surface area contributed by atoms with E-state index in [1.54, 1.807) is 41.5 Å². The first-order valence-corrected chi connectivity index (χ1v) is 7.84. The molecule has 0 spiro atoms. The summed E-state index contributed by atoms with van der Waals surface area (Å²) >= 11 is 9.29. The van der Waals surface area contributed by atoms with Crippen LogP contribution in [0.2, 0.25) is 5.02 Å². The van der Waals surface area contributed by atoms with Crippen molar-refractivity contribution in [3.05, 3.63) is 69.8 Å². The molecule has 6 nitrogen and oxygen atoms in total. The van der Waals surface area contributed by atoms with Crippen LogP contribution in [0.15, 0.2) is 53.7 Å². The van der Waals surface area contributed by atoms with E-state index in [0.29, 0.717) is 27.4 Å². The minimum atomic E-state index is -0.229. The average Bonchev–Trinajstić information content (AvgIpc) is 3.09. The molecule has 8 heteroatoms. The number of nitrogens with zero attached hydrogens (tertiary/aromatic N) is 4. The Bertz CT molecular complexity index is 838. The van der Waals surface area contributed by atoms with Crippen LogP contribution in [0.1, 0.15) is 15.9 Å². The number of halogens is 2. The number of amides is 1. The first-order chi connectivity index (χ1) is 11.1. The van der Waals surface area contributed by atoms with Gasteiger partial charge in [-0.05, 0) is 40.2 Å². The van der Waals surface area contributed by atoms with Crippen molar-refractivity contribution in [1.29, 1.82) is 0 Å². The third kappa shape index (κ3) is 3.57. The highest BCUT2D eigenvalue weighted by molar-refractivity contribution is 9.10. The van der Waals surface area contributed by atoms with Gasteiger partial charge >= 0.3 is 0 Å². The number of carbonyl (C=O) groups is 1. The summed E-state index contributed by atoms with van der Waals surface area (Å²) in [6.45, 7) is 0.306. The van der Waals surface area contributed by atoms with Gasteiger partial charge in [0.25, 0.3) is 5.91 Å². The molecule has 1 aromatic carbocycles. The number of rotatable bonds is 4. The molecule has 0 aliphatic heterocycles. The summed E-state index contributed by atoms with van der Waals surface area (Å²) in [6, 6.07) is 8.74. The van der Waals surface area contributed by atoms with Gasteiger partial charge in [-0.25, -0.2) is 14.6 Å². The van der Waals surface area contributed by atoms with Crippen LogP contribution in [0.5, 0.6) is 0 Å². The monoisotopic (exact) mass is 391 g/mol. The summed E-state index contributed by atoms with van der Waals surface area (Å²) in [4.78, 5) is 20.5. The predicted molar refractivity (Wildman–Crippen MR) is 89.5 cm³/mol. The van der Waals surface area contributed by atoms with Crippen LogP contribution >= 0.6 is 27.5 Å². The second-order valence-corrected chi connectivity index (χ2v) is 5.92. The normalized spacial score (nSPS) is 10.5. The number of hydrogen-bond donors (Lipinski definition) is 1. The zero-order chi connectivity index (χ0) is 16.2. The van der Waals surface area contributed by atoms with E-state index in [0.717, 1.165) is 5.56 Å². The van der Waals surface area contributed by atoms with E-state index in [1.165, 1.54) is 6.33 Å². The van der Waals surface area contributed by atoms with Gasteiger partial charge in [0.1, 0.15) is 12.7 Å². The molecule has 0 bridgehead atoms. The van der Waals surface area contributed by atoms with Crippen molar-refractivity contribution in [3.8, 4) is 5.82 Å². The van der Waals surface area contributed by atoms with Crippen LogP contribution in [0.25, 0.3) is 5.82 Å². The Morgan fingerprint density at radius 3 is 3.00 bits per heavy atom. The second-order valence-electron chi connectivity index (χ2n) is 4.63. The van der Waals surface area contributed by atoms with Gasteiger partial charge in [-0.15, -0.1) is 0 Å². The maximum absolute atomic E-state index is 12.3. The molecule has 1 amide bonds. The molecular weight excluding hydrogens is 382 g/mol. The Balaban J connectivity index is 1.79. The van der Waals surface area contributed by atoms with Gasteiger partial charge < -0.3 is 5.32 Å². The van der Waals surface area contributed by atoms with E-state index >= 15 is 0 Å². The lowest BCUT2D eigenvalue weighted by atomic mass is 10.2. The highest BCUT2D eigenvalue weighted by Crippen LogP contribution is 2.21. The molecule has 0 saturated carbocycles. The van der Waals surface area contributed by atoms with Gasteiger partial charge in [0, 0.05) is 27.8 Å². The highest BCUT2D eigenvalue weighted by Gasteiger charge is 2.12. The Morgan fingerprint density at radius 2 is 2.22 bits per heavy atom. The molecule has 116 valence electrons. The molecule has 23 heavy (non-hydrogen) atoms. The van der Waals surface area contributed by atoms with E-state index in [-0.39, 0.29) is 5.91 Å². The van der Waals surface area contributed by atoms with Crippen LogP contribution < -0.4 is 5.32 Å². The average molecular weight is 393 g/mol. The first-order valence-electron chi connectivity index (χ1n) is 6.67. The van der Waals surface area contributed by atoms with Crippen LogP contribution in [-0.4, -0.2) is 25.7 Å². The molecular formula is C15H11BrClN5O. The van der Waals surface area contributed by atoms with Gasteiger partial charge in [0.2, 0.25) is 0 Å². The summed E-state index contributed by atoms with van der Waals surface area (Å²) in [6.07, 6.45) is 4.65. The van der Waals surface area contributed by atoms with Crippen LogP contribution in [0, 0.1) is 0 Å². The molecule has 1 N–H and O–H groups in total. The van der Waals surface area contributed by atoms with Crippen molar-refractivity contribution in [2.45, 2.75) is 6.54 Å². The van der Waals surface area contributed by atoms with Crippen molar-refractivity contribution >= 4 is 33.4 Å². The topological polar surface area (TPSA) is 72.7 Å². The largest absolute Gasteiger partial charge is 0.348 e. The smallest absolute Gasteiger partial charge is 0.252 e. The van der Waals surface area contributed by atoms with Crippen molar-refractivity contribution in [2.75, 3.05) is 0 Å². The lowest BCUT2D eigenvalue weighted by molar-refractivity contribution is 0.0950. The number of nitrogens with one attached hydrogen (secondary N) is 1. The lowest BCUT2D eigenvalue weighted by Crippen LogP contribution is -2.24. The molecule has 0 unspecified atom stereocenters. The molecule has 3 aromatic rings. The molecule has 0 atom stereocenters. The maximum Gasteiger partial charge on any atom is 0.252 e. The van der Waals surface area contributed by atoms with Crippen molar-refractivity contribution in [3.63, 3.8) is 0 Å². The Labute approximate surface area is 145 Å². The van der Waals surface area contributed by atoms with Gasteiger partial charge in [-0.1, -0.05) is 17.7 Å². The van der Waals surface area contributed by atoms with Gasteiger partial charge in [-0.3, -0.25) is 4.79 Å². The van der Waals surface area contributed by atoms with Crippen LogP contribution in [0.4, 0.5) is 0 Å². The van der Waals surface area contributed by atoms with E-state index < -0.39 is 0 Å². The quantitative estimate of drug-likeness (QED) is 0.741. The molecule has 2 aromatic heterocycles. The van der Waals surface area contributed by atoms with Crippen LogP contribution in [0.3, 0.4) is 0 Å². The third-order valence-electron chi connectivity index (χ3n) is 3.12. The standard InChI is InChI=1S/C15H11BrClN5O/c16-13-4-3-11(17)6-12(13)15(23)20-7-10-2-1-5-19-14(10)22-9-18-8-21-22/h1-6,8-9H,7H2,(H,20,23). The number of hydrogen-bond acceptors (Lipinski definition) is 4. The maximum atomic E-state index is 12.3. The van der Waals surface area contributed by atoms with E-state index in [9.17, 15) is 4.79 Å². The van der Waals surface area contributed by atoms with E-state index in [2.05, 4.69) is 36.3 Å². The van der Waals surface area contributed by atoms with E-state index in [1.807, 2.05) is 6.07 Å². The Morgan fingerprint density at radius 1 is 1.35 bits per heavy atom. The SMILES string of the molecule is O=C(NCc1cccnc1-n1cncn1)c1cc(Cl)ccc1Br. The summed E-state index contributed by atoms with van der Waals surface area (Å²) < 4.78 is 2.23. The molecule has 2 heterocycles. The van der Waals surface area contributed by atoms with Crippen molar-refractivity contribution in [2.24, 2.45) is 0 Å². The first kappa shape index (κ1) is 15.6. The predicted octanol–water partition coefficient (Wildman–Crippen LogP) is 3.01. The Hall–Kier alpha value is -2.25. The van der Waals surface area contributed by atoms with Gasteiger partial charge in [0.05, 0.1) is 5.56 Å². The molecule has 0 radical (unpaired) electrons. The highest BCUT2D eigenvalue weighted by atomic mass is 79.9. The van der Waals surface area contributed by atoms with Crippen molar-refractivity contribution < 1.29 is 4.79 Å². The fourth-order valence-electron chi connectivity index (χ4n) is 2.03. The Kier molecular flexibility index (Phi) is 4.68. The molecule has 0 aliphatic rings. The number of benzene rings is 1. The minimum absolute atomic E-state index is 0.229. The van der Waals surface area contributed by atoms with Crippen molar-refractivity contribution in [1.82, 2.24) is 25.1 Å². The number of pyridine rings is 1. The molecule has 3 rings (SSSR count). The summed E-state index contributed by atoms with van der Waals surface area (Å²) in [5.41, 5.74) is 1.30. The van der Waals surface area contributed by atoms with E-state index in [4.69, 9.17) is 11.6 Å². The summed E-state index contributed by atoms with van der Waals surface area (Å²) in [5, 5.41) is 7.42. The summed E-state index contributed by atoms with van der Waals surface area (Å²) in [5.74, 6) is 0.392. The fourth-order valence-corrected chi connectivity index (χ4v) is 2.63. The van der Waals surface area contributed by atoms with Crippen LogP contribution in [-0.2, 0) is 6.54 Å². The number of aromatic nitrogens is 4. The zero-order valence-electron chi connectivity index (χ0n) is 11.8. The molecule has 0 saturated heterocycles. The summed E-state index contributed by atoms with van der Waals surface area (Å²) in [7, 11) is 0.